The van der Waals surface area contributed by atoms with Crippen molar-refractivity contribution >= 4 is 23.2 Å². The third-order valence-electron chi connectivity index (χ3n) is 6.78. The number of carbonyl (C=O) groups excluding carboxylic acids is 2. The Bertz CT molecular complexity index is 1210. The van der Waals surface area contributed by atoms with Gasteiger partial charge >= 0.3 is 0 Å². The first-order valence-corrected chi connectivity index (χ1v) is 13.7. The number of ether oxygens (including phenoxy) is 4. The molecule has 1 aliphatic heterocycles. The highest BCUT2D eigenvalue weighted by Gasteiger charge is 2.33. The molecule has 0 aromatic heterocycles. The van der Waals surface area contributed by atoms with Crippen LogP contribution in [0.1, 0.15) is 60.2 Å². The second-order valence-corrected chi connectivity index (χ2v) is 9.54. The van der Waals surface area contributed by atoms with Gasteiger partial charge in [-0.1, -0.05) is 26.7 Å². The van der Waals surface area contributed by atoms with Gasteiger partial charge in [-0.15, -0.1) is 0 Å². The molecule has 228 valence electrons. The Morgan fingerprint density at radius 1 is 0.690 bits per heavy atom. The molecule has 1 fully saturated rings. The minimum Gasteiger partial charge on any atom is -0.493 e. The van der Waals surface area contributed by atoms with Crippen molar-refractivity contribution in [1.29, 1.82) is 0 Å². The lowest BCUT2D eigenvalue weighted by Crippen LogP contribution is -2.50. The Kier molecular flexibility index (Phi) is 11.3. The molecule has 2 amide bonds. The van der Waals surface area contributed by atoms with Crippen LogP contribution in [-0.2, 0) is 0 Å². The Balaban J connectivity index is 1.80. The number of hydrogen-bond acceptors (Lipinski definition) is 10. The maximum Gasteiger partial charge on any atom is 0.286 e. The monoisotopic (exact) mass is 588 g/mol. The van der Waals surface area contributed by atoms with Gasteiger partial charge in [-0.2, -0.15) is 0 Å². The van der Waals surface area contributed by atoms with Crippen LogP contribution in [0.5, 0.6) is 23.0 Å². The molecule has 2 aromatic carbocycles. The summed E-state index contributed by atoms with van der Waals surface area (Å²) in [4.78, 5) is 51.9. The number of nitro benzene ring substituents is 2. The Hall–Kier alpha value is -4.62. The fourth-order valence-electron chi connectivity index (χ4n) is 4.39. The number of benzene rings is 2. The number of nitro groups is 2. The van der Waals surface area contributed by atoms with E-state index < -0.39 is 33.0 Å². The van der Waals surface area contributed by atoms with E-state index in [2.05, 4.69) is 0 Å². The van der Waals surface area contributed by atoms with Gasteiger partial charge in [-0.3, -0.25) is 29.8 Å². The average Bonchev–Trinajstić information content (AvgIpc) is 3.00. The summed E-state index contributed by atoms with van der Waals surface area (Å²) < 4.78 is 21.9. The second-order valence-electron chi connectivity index (χ2n) is 9.54. The lowest BCUT2D eigenvalue weighted by atomic mass is 10.1. The van der Waals surface area contributed by atoms with Crippen LogP contribution in [0.2, 0.25) is 0 Å². The molecule has 1 aliphatic rings. The zero-order chi connectivity index (χ0) is 30.8. The molecule has 0 spiro atoms. The van der Waals surface area contributed by atoms with Crippen molar-refractivity contribution in [3.05, 3.63) is 55.6 Å². The van der Waals surface area contributed by atoms with Crippen LogP contribution in [0.15, 0.2) is 24.3 Å². The van der Waals surface area contributed by atoms with E-state index in [1.165, 1.54) is 48.3 Å². The highest BCUT2D eigenvalue weighted by atomic mass is 16.6. The van der Waals surface area contributed by atoms with E-state index in [1.807, 2.05) is 13.8 Å². The number of methoxy groups -OCH3 is 2. The molecular weight excluding hydrogens is 552 g/mol. The Morgan fingerprint density at radius 2 is 1.05 bits per heavy atom. The first kappa shape index (κ1) is 31.9. The van der Waals surface area contributed by atoms with E-state index in [9.17, 15) is 29.8 Å². The average molecular weight is 589 g/mol. The molecule has 1 saturated heterocycles. The summed E-state index contributed by atoms with van der Waals surface area (Å²) in [6, 6.07) is 4.95. The lowest BCUT2D eigenvalue weighted by Gasteiger charge is -2.34. The molecular formula is C28H36N4O10. The van der Waals surface area contributed by atoms with E-state index in [4.69, 9.17) is 18.9 Å². The van der Waals surface area contributed by atoms with Crippen molar-refractivity contribution < 1.29 is 38.4 Å². The van der Waals surface area contributed by atoms with E-state index in [-0.39, 0.29) is 60.3 Å². The zero-order valence-corrected chi connectivity index (χ0v) is 24.3. The molecule has 0 bridgehead atoms. The number of nitrogens with zero attached hydrogens (tertiary/aromatic N) is 4. The van der Waals surface area contributed by atoms with Crippen LogP contribution >= 0.6 is 0 Å². The minimum atomic E-state index is -0.652. The normalized spacial score (nSPS) is 13.0. The number of carbonyl (C=O) groups is 2. The molecule has 0 atom stereocenters. The standard InChI is InChI=1S/C28H36N4O10/c1-5-7-13-41-25-17-21(31(35)36)19(15-23(25)39-3)27(33)29-9-11-30(12-10-29)28(34)20-16-24(40-4)26(42-14-8-6-2)18-22(20)32(37)38/h15-18H,5-14H2,1-4H3. The highest BCUT2D eigenvalue weighted by Crippen LogP contribution is 2.37. The summed E-state index contributed by atoms with van der Waals surface area (Å²) >= 11 is 0. The number of amides is 2. The van der Waals surface area contributed by atoms with Crippen LogP contribution in [0, 0.1) is 20.2 Å². The molecule has 14 nitrogen and oxygen atoms in total. The molecule has 0 aliphatic carbocycles. The number of rotatable bonds is 14. The molecule has 1 heterocycles. The van der Waals surface area contributed by atoms with Crippen LogP contribution in [0.3, 0.4) is 0 Å². The Morgan fingerprint density at radius 3 is 1.33 bits per heavy atom. The van der Waals surface area contributed by atoms with Gasteiger partial charge < -0.3 is 28.7 Å². The summed E-state index contributed by atoms with van der Waals surface area (Å²) in [6.07, 6.45) is 3.23. The predicted octanol–water partition coefficient (Wildman–Crippen LogP) is 4.48. The largest absolute Gasteiger partial charge is 0.493 e. The van der Waals surface area contributed by atoms with E-state index >= 15 is 0 Å². The first-order valence-electron chi connectivity index (χ1n) is 13.7. The number of piperazine rings is 1. The second kappa shape index (κ2) is 14.8. The van der Waals surface area contributed by atoms with Crippen molar-refractivity contribution in [3.63, 3.8) is 0 Å². The van der Waals surface area contributed by atoms with Gasteiger partial charge in [-0.25, -0.2) is 0 Å². The molecule has 0 radical (unpaired) electrons. The van der Waals surface area contributed by atoms with Gasteiger partial charge in [0.15, 0.2) is 23.0 Å². The fourth-order valence-corrected chi connectivity index (χ4v) is 4.39. The quantitative estimate of drug-likeness (QED) is 0.175. The van der Waals surface area contributed by atoms with Crippen molar-refractivity contribution in [2.45, 2.75) is 39.5 Å². The molecule has 2 aromatic rings. The maximum atomic E-state index is 13.4. The van der Waals surface area contributed by atoms with Gasteiger partial charge in [-0.05, 0) is 12.8 Å². The van der Waals surface area contributed by atoms with E-state index in [0.29, 0.717) is 13.2 Å². The van der Waals surface area contributed by atoms with Gasteiger partial charge in [0, 0.05) is 38.3 Å². The summed E-state index contributed by atoms with van der Waals surface area (Å²) in [5.74, 6) is -0.483. The predicted molar refractivity (Wildman–Crippen MR) is 152 cm³/mol. The van der Waals surface area contributed by atoms with Crippen LogP contribution in [-0.4, -0.2) is 85.1 Å². The molecule has 0 N–H and O–H groups in total. The number of hydrogen-bond donors (Lipinski definition) is 0. The van der Waals surface area contributed by atoms with Crippen LogP contribution in [0.4, 0.5) is 11.4 Å². The van der Waals surface area contributed by atoms with Crippen molar-refractivity contribution in [2.24, 2.45) is 0 Å². The van der Waals surface area contributed by atoms with Gasteiger partial charge in [0.1, 0.15) is 11.1 Å². The summed E-state index contributed by atoms with van der Waals surface area (Å²) in [6.45, 7) is 4.87. The fraction of sp³-hybridized carbons (Fsp3) is 0.500. The molecule has 3 rings (SSSR count). The molecule has 14 heteroatoms. The SMILES string of the molecule is CCCCOc1cc([N+](=O)[O-])c(C(=O)N2CCN(C(=O)c3cc(OC)c(OCCCC)cc3[N+](=O)[O-])CC2)cc1OC. The van der Waals surface area contributed by atoms with Gasteiger partial charge in [0.05, 0.1) is 49.4 Å². The highest BCUT2D eigenvalue weighted by molar-refractivity contribution is 6.00. The van der Waals surface area contributed by atoms with Crippen LogP contribution < -0.4 is 18.9 Å². The summed E-state index contributed by atoms with van der Waals surface area (Å²) in [5, 5.41) is 23.7. The van der Waals surface area contributed by atoms with Gasteiger partial charge in [0.2, 0.25) is 0 Å². The molecule has 42 heavy (non-hydrogen) atoms. The third kappa shape index (κ3) is 7.36. The molecule has 0 saturated carbocycles. The number of unbranched alkanes of at least 4 members (excludes halogenated alkanes) is 2. The smallest absolute Gasteiger partial charge is 0.286 e. The maximum absolute atomic E-state index is 13.4. The van der Waals surface area contributed by atoms with E-state index in [0.717, 1.165) is 25.7 Å². The first-order chi connectivity index (χ1) is 20.2. The minimum absolute atomic E-state index is 0.0575. The Labute approximate surface area is 243 Å². The lowest BCUT2D eigenvalue weighted by molar-refractivity contribution is -0.385. The summed E-state index contributed by atoms with van der Waals surface area (Å²) in [7, 11) is 2.76. The molecule has 0 unspecified atom stereocenters. The third-order valence-corrected chi connectivity index (χ3v) is 6.78. The zero-order valence-electron chi connectivity index (χ0n) is 24.3. The van der Waals surface area contributed by atoms with E-state index in [1.54, 1.807) is 0 Å². The van der Waals surface area contributed by atoms with Crippen molar-refractivity contribution in [2.75, 3.05) is 53.6 Å². The van der Waals surface area contributed by atoms with Crippen LogP contribution in [0.25, 0.3) is 0 Å². The summed E-state index contributed by atoms with van der Waals surface area (Å²) in [5.41, 5.74) is -1.18. The van der Waals surface area contributed by atoms with Crippen molar-refractivity contribution in [3.8, 4) is 23.0 Å². The van der Waals surface area contributed by atoms with Crippen molar-refractivity contribution in [1.82, 2.24) is 9.80 Å². The topological polar surface area (TPSA) is 164 Å². The van der Waals surface area contributed by atoms with Gasteiger partial charge in [0.25, 0.3) is 23.2 Å².